The molecule has 2 nitrogen and oxygen atoms in total. The lowest BCUT2D eigenvalue weighted by atomic mass is 10.3. The third-order valence-corrected chi connectivity index (χ3v) is 3.33. The Hall–Kier alpha value is -0.570. The quantitative estimate of drug-likeness (QED) is 0.777. The van der Waals surface area contributed by atoms with Gasteiger partial charge < -0.3 is 5.32 Å². The minimum atomic E-state index is 0.897. The zero-order valence-corrected chi connectivity index (χ0v) is 8.32. The van der Waals surface area contributed by atoms with Crippen LogP contribution >= 0.6 is 11.3 Å². The maximum absolute atomic E-state index is 4.34. The van der Waals surface area contributed by atoms with Gasteiger partial charge in [0.1, 0.15) is 0 Å². The van der Waals surface area contributed by atoms with Crippen molar-refractivity contribution in [3.63, 3.8) is 0 Å². The van der Waals surface area contributed by atoms with Crippen molar-refractivity contribution in [2.24, 2.45) is 11.8 Å². The normalized spacial score (nSPS) is 27.2. The highest BCUT2D eigenvalue weighted by atomic mass is 32.1. The predicted octanol–water partition coefficient (Wildman–Crippen LogP) is 2.52. The van der Waals surface area contributed by atoms with E-state index in [0.717, 1.165) is 29.2 Å². The Morgan fingerprint density at radius 1 is 1.75 bits per heavy atom. The molecule has 1 aliphatic rings. The number of hydrogen-bond donors (Lipinski definition) is 1. The number of thiazole rings is 1. The van der Waals surface area contributed by atoms with Gasteiger partial charge >= 0.3 is 0 Å². The van der Waals surface area contributed by atoms with Gasteiger partial charge in [-0.2, -0.15) is 0 Å². The van der Waals surface area contributed by atoms with Gasteiger partial charge in [-0.05, 0) is 25.2 Å². The van der Waals surface area contributed by atoms with Gasteiger partial charge in [0.05, 0.1) is 5.69 Å². The summed E-state index contributed by atoms with van der Waals surface area (Å²) in [5.74, 6) is 1.83. The van der Waals surface area contributed by atoms with E-state index in [-0.39, 0.29) is 0 Å². The van der Waals surface area contributed by atoms with Crippen LogP contribution in [0.3, 0.4) is 0 Å². The van der Waals surface area contributed by atoms with Crippen molar-refractivity contribution in [3.05, 3.63) is 11.1 Å². The predicted molar refractivity (Wildman–Crippen MR) is 52.6 cm³/mol. The monoisotopic (exact) mass is 182 g/mol. The molecule has 2 atom stereocenters. The van der Waals surface area contributed by atoms with Crippen LogP contribution in [0.15, 0.2) is 5.38 Å². The second-order valence-corrected chi connectivity index (χ2v) is 4.51. The Bertz CT molecular complexity index is 269. The number of anilines is 1. The van der Waals surface area contributed by atoms with Crippen molar-refractivity contribution in [3.8, 4) is 0 Å². The fourth-order valence-electron chi connectivity index (χ4n) is 1.34. The zero-order chi connectivity index (χ0) is 8.55. The molecular formula is C9H14N2S. The third-order valence-electron chi connectivity index (χ3n) is 2.41. The van der Waals surface area contributed by atoms with Crippen LogP contribution in [0, 0.1) is 18.8 Å². The zero-order valence-electron chi connectivity index (χ0n) is 7.50. The summed E-state index contributed by atoms with van der Waals surface area (Å²) in [4.78, 5) is 4.34. The van der Waals surface area contributed by atoms with Crippen LogP contribution < -0.4 is 5.32 Å². The summed E-state index contributed by atoms with van der Waals surface area (Å²) in [5.41, 5.74) is 1.12. The van der Waals surface area contributed by atoms with Gasteiger partial charge in [-0.25, -0.2) is 4.98 Å². The molecular weight excluding hydrogens is 168 g/mol. The highest BCUT2D eigenvalue weighted by Crippen LogP contribution is 2.37. The lowest BCUT2D eigenvalue weighted by molar-refractivity contribution is 0.786. The van der Waals surface area contributed by atoms with E-state index in [4.69, 9.17) is 0 Å². The van der Waals surface area contributed by atoms with Gasteiger partial charge in [0.2, 0.25) is 0 Å². The van der Waals surface area contributed by atoms with Crippen LogP contribution in [-0.2, 0) is 0 Å². The average molecular weight is 182 g/mol. The lowest BCUT2D eigenvalue weighted by Gasteiger charge is -1.98. The van der Waals surface area contributed by atoms with Gasteiger partial charge in [-0.15, -0.1) is 11.3 Å². The molecule has 0 radical (unpaired) electrons. The summed E-state index contributed by atoms with van der Waals surface area (Å²) >= 11 is 1.70. The van der Waals surface area contributed by atoms with E-state index in [1.807, 2.05) is 6.92 Å². The van der Waals surface area contributed by atoms with Gasteiger partial charge in [-0.3, -0.25) is 0 Å². The van der Waals surface area contributed by atoms with Crippen LogP contribution in [0.4, 0.5) is 5.13 Å². The van der Waals surface area contributed by atoms with Gasteiger partial charge in [0.25, 0.3) is 0 Å². The van der Waals surface area contributed by atoms with Gasteiger partial charge in [0.15, 0.2) is 5.13 Å². The molecule has 0 amide bonds. The summed E-state index contributed by atoms with van der Waals surface area (Å²) in [6.45, 7) is 5.44. The largest absolute Gasteiger partial charge is 0.361 e. The number of aryl methyl sites for hydroxylation is 1. The molecule has 2 rings (SSSR count). The first kappa shape index (κ1) is 8.05. The Kier molecular flexibility index (Phi) is 2.05. The molecule has 1 aromatic heterocycles. The minimum Gasteiger partial charge on any atom is -0.361 e. The average Bonchev–Trinajstić information content (AvgIpc) is 2.56. The Morgan fingerprint density at radius 2 is 2.50 bits per heavy atom. The molecule has 1 fully saturated rings. The molecule has 0 aliphatic heterocycles. The van der Waals surface area contributed by atoms with Crippen molar-refractivity contribution >= 4 is 16.5 Å². The highest BCUT2D eigenvalue weighted by molar-refractivity contribution is 7.13. The number of aromatic nitrogens is 1. The molecule has 1 saturated carbocycles. The summed E-state index contributed by atoms with van der Waals surface area (Å²) in [6.07, 6.45) is 1.39. The smallest absolute Gasteiger partial charge is 0.182 e. The second-order valence-electron chi connectivity index (χ2n) is 3.65. The fraction of sp³-hybridized carbons (Fsp3) is 0.667. The second kappa shape index (κ2) is 3.05. The van der Waals surface area contributed by atoms with E-state index in [9.17, 15) is 0 Å². The number of nitrogens with zero attached hydrogens (tertiary/aromatic N) is 1. The first-order valence-electron chi connectivity index (χ1n) is 4.41. The van der Waals surface area contributed by atoms with Crippen molar-refractivity contribution in [2.45, 2.75) is 20.3 Å². The maximum atomic E-state index is 4.34. The molecule has 3 heteroatoms. The summed E-state index contributed by atoms with van der Waals surface area (Å²) < 4.78 is 0. The van der Waals surface area contributed by atoms with Crippen LogP contribution in [0.5, 0.6) is 0 Å². The van der Waals surface area contributed by atoms with Crippen molar-refractivity contribution in [1.82, 2.24) is 4.98 Å². The lowest BCUT2D eigenvalue weighted by Crippen LogP contribution is -2.03. The number of nitrogens with one attached hydrogen (secondary N) is 1. The Labute approximate surface area is 77.0 Å². The molecule has 2 unspecified atom stereocenters. The standard InChI is InChI=1S/C9H14N2S/c1-6-3-8(6)4-10-9-11-7(2)5-12-9/h5-6,8H,3-4H2,1-2H3,(H,10,11). The summed E-state index contributed by atoms with van der Waals surface area (Å²) in [5, 5.41) is 6.52. The van der Waals surface area contributed by atoms with Crippen molar-refractivity contribution in [1.29, 1.82) is 0 Å². The van der Waals surface area contributed by atoms with Crippen molar-refractivity contribution in [2.75, 3.05) is 11.9 Å². The van der Waals surface area contributed by atoms with Crippen molar-refractivity contribution < 1.29 is 0 Å². The molecule has 0 bridgehead atoms. The van der Waals surface area contributed by atoms with E-state index in [1.54, 1.807) is 11.3 Å². The van der Waals surface area contributed by atoms with E-state index in [2.05, 4.69) is 22.6 Å². The molecule has 0 saturated heterocycles. The Balaban J connectivity index is 1.80. The molecule has 1 aromatic rings. The van der Waals surface area contributed by atoms with Gasteiger partial charge in [0, 0.05) is 11.9 Å². The van der Waals surface area contributed by atoms with Crippen LogP contribution in [0.2, 0.25) is 0 Å². The van der Waals surface area contributed by atoms with Crippen LogP contribution in [0.1, 0.15) is 19.0 Å². The van der Waals surface area contributed by atoms with Gasteiger partial charge in [-0.1, -0.05) is 6.92 Å². The topological polar surface area (TPSA) is 24.9 Å². The molecule has 66 valence electrons. The highest BCUT2D eigenvalue weighted by Gasteiger charge is 2.31. The molecule has 12 heavy (non-hydrogen) atoms. The third kappa shape index (κ3) is 1.78. The number of rotatable bonds is 3. The number of hydrogen-bond acceptors (Lipinski definition) is 3. The minimum absolute atomic E-state index is 0.897. The van der Waals surface area contributed by atoms with Crippen LogP contribution in [0.25, 0.3) is 0 Å². The SMILES string of the molecule is Cc1csc(NCC2CC2C)n1. The summed E-state index contributed by atoms with van der Waals surface area (Å²) in [7, 11) is 0. The molecule has 1 heterocycles. The van der Waals surface area contributed by atoms with E-state index >= 15 is 0 Å². The molecule has 1 N–H and O–H groups in total. The van der Waals surface area contributed by atoms with E-state index < -0.39 is 0 Å². The Morgan fingerprint density at radius 3 is 3.00 bits per heavy atom. The molecule has 0 spiro atoms. The fourth-order valence-corrected chi connectivity index (χ4v) is 2.04. The summed E-state index contributed by atoms with van der Waals surface area (Å²) in [6, 6.07) is 0. The maximum Gasteiger partial charge on any atom is 0.182 e. The van der Waals surface area contributed by atoms with E-state index in [1.165, 1.54) is 6.42 Å². The van der Waals surface area contributed by atoms with E-state index in [0.29, 0.717) is 0 Å². The van der Waals surface area contributed by atoms with Crippen LogP contribution in [-0.4, -0.2) is 11.5 Å². The molecule has 0 aromatic carbocycles. The first-order chi connectivity index (χ1) is 5.75. The first-order valence-corrected chi connectivity index (χ1v) is 5.29. The molecule has 1 aliphatic carbocycles.